The first kappa shape index (κ1) is 30.4. The van der Waals surface area contributed by atoms with Crippen LogP contribution in [0.3, 0.4) is 0 Å². The van der Waals surface area contributed by atoms with Crippen molar-refractivity contribution in [1.29, 1.82) is 0 Å². The first-order valence-electron chi connectivity index (χ1n) is 13.3. The molecule has 206 valence electrons. The van der Waals surface area contributed by atoms with Crippen LogP contribution in [0.15, 0.2) is 24.3 Å². The molecule has 41 heavy (non-hydrogen) atoms. The minimum absolute atomic E-state index is 0. The molecule has 9 heteroatoms. The standard InChI is InChI=1S/C32H32N4O4.Cd/c1-17-11-22-14-27-19(3)23(7-9-31(37)39-5)29(35-27)16-30-24(8-10-32(38)40-6)20(4)28(36-30)15-26-18(2)12-21(34-26)13-25(17)33-22;/h11-16H,7-10H2,1-6H3;/q-2;+2. The summed E-state index contributed by atoms with van der Waals surface area (Å²) in [7, 11) is 2.79. The SMILES string of the molecule is COC(=O)CCc1c(C)c2cc3nc(cc4nc(cc5[n-]c(cc1[n-]2)c(CCC(=O)OC)c5C)C(C)=C4)C(C)=C3.[Cd+2]. The number of hydrogen-bond acceptors (Lipinski definition) is 6. The van der Waals surface area contributed by atoms with E-state index >= 15 is 0 Å². The average Bonchev–Trinajstić information content (AvgIpc) is 3.62. The van der Waals surface area contributed by atoms with Crippen LogP contribution in [0.2, 0.25) is 0 Å². The van der Waals surface area contributed by atoms with Gasteiger partial charge in [-0.15, -0.1) is 22.1 Å². The molecule has 3 aromatic heterocycles. The van der Waals surface area contributed by atoms with E-state index in [-0.39, 0.29) is 52.1 Å². The van der Waals surface area contributed by atoms with Crippen LogP contribution in [0, 0.1) is 13.8 Å². The Balaban J connectivity index is 0.00000387. The normalized spacial score (nSPS) is 12.3. The third kappa shape index (κ3) is 6.37. The van der Waals surface area contributed by atoms with Gasteiger partial charge in [0.05, 0.1) is 37.0 Å². The van der Waals surface area contributed by atoms with Crippen LogP contribution in [0.5, 0.6) is 0 Å². The Morgan fingerprint density at radius 1 is 0.659 bits per heavy atom. The number of allylic oxidation sites excluding steroid dienone is 2. The Morgan fingerprint density at radius 2 is 1.10 bits per heavy atom. The predicted octanol–water partition coefficient (Wildman–Crippen LogP) is 5.52. The molecule has 0 N–H and O–H groups in total. The van der Waals surface area contributed by atoms with E-state index in [0.717, 1.165) is 78.2 Å². The largest absolute Gasteiger partial charge is 2.00 e. The van der Waals surface area contributed by atoms with Crippen molar-refractivity contribution in [3.05, 3.63) is 69.3 Å². The van der Waals surface area contributed by atoms with Gasteiger partial charge in [-0.1, -0.05) is 40.5 Å². The summed E-state index contributed by atoms with van der Waals surface area (Å²) in [6.07, 6.45) is 5.52. The number of rotatable bonds is 6. The van der Waals surface area contributed by atoms with Gasteiger partial charge in [0.1, 0.15) is 0 Å². The van der Waals surface area contributed by atoms with Crippen molar-refractivity contribution in [3.8, 4) is 0 Å². The van der Waals surface area contributed by atoms with E-state index in [9.17, 15) is 9.59 Å². The molecule has 8 nitrogen and oxygen atoms in total. The minimum atomic E-state index is -0.279. The number of fused-ring (bicyclic) bond motifs is 8. The molecule has 0 saturated heterocycles. The van der Waals surface area contributed by atoms with Gasteiger partial charge in [-0.3, -0.25) is 9.59 Å². The number of ether oxygens (including phenoxy) is 2. The molecule has 0 atom stereocenters. The van der Waals surface area contributed by atoms with Crippen LogP contribution in [0.1, 0.15) is 71.7 Å². The van der Waals surface area contributed by atoms with Gasteiger partial charge in [0.25, 0.3) is 0 Å². The zero-order valence-corrected chi connectivity index (χ0v) is 28.5. The maximum Gasteiger partial charge on any atom is 2.00 e. The fourth-order valence-corrected chi connectivity index (χ4v) is 5.15. The van der Waals surface area contributed by atoms with Gasteiger partial charge in [-0.05, 0) is 69.9 Å². The molecule has 0 unspecified atom stereocenters. The smallest absolute Gasteiger partial charge is 0.657 e. The van der Waals surface area contributed by atoms with E-state index in [1.807, 2.05) is 64.1 Å². The minimum Gasteiger partial charge on any atom is -0.657 e. The van der Waals surface area contributed by atoms with Gasteiger partial charge in [-0.2, -0.15) is 0 Å². The number of aromatic nitrogens is 4. The van der Waals surface area contributed by atoms with Gasteiger partial charge in [0, 0.05) is 12.8 Å². The van der Waals surface area contributed by atoms with Crippen molar-refractivity contribution in [2.75, 3.05) is 14.2 Å². The van der Waals surface area contributed by atoms with Gasteiger partial charge in [-0.25, -0.2) is 9.97 Å². The van der Waals surface area contributed by atoms with Crippen molar-refractivity contribution in [2.45, 2.75) is 53.4 Å². The van der Waals surface area contributed by atoms with Crippen molar-refractivity contribution >= 4 is 57.3 Å². The molecule has 0 spiro atoms. The summed E-state index contributed by atoms with van der Waals surface area (Å²) in [4.78, 5) is 43.7. The van der Waals surface area contributed by atoms with Gasteiger partial charge < -0.3 is 19.4 Å². The van der Waals surface area contributed by atoms with Crippen molar-refractivity contribution in [1.82, 2.24) is 19.9 Å². The van der Waals surface area contributed by atoms with Crippen molar-refractivity contribution < 1.29 is 46.4 Å². The number of methoxy groups -OCH3 is 2. The van der Waals surface area contributed by atoms with E-state index in [0.29, 0.717) is 12.8 Å². The molecule has 5 rings (SSSR count). The van der Waals surface area contributed by atoms with Crippen LogP contribution in [-0.2, 0) is 59.2 Å². The van der Waals surface area contributed by atoms with E-state index in [4.69, 9.17) is 29.4 Å². The van der Waals surface area contributed by atoms with Crippen LogP contribution in [0.4, 0.5) is 0 Å². The Labute approximate surface area is 259 Å². The number of hydrogen-bond donors (Lipinski definition) is 0. The third-order valence-corrected chi connectivity index (χ3v) is 7.54. The number of nitrogens with zero attached hydrogens (tertiary/aromatic N) is 4. The van der Waals surface area contributed by atoms with Crippen molar-refractivity contribution in [2.24, 2.45) is 0 Å². The van der Waals surface area contributed by atoms with Gasteiger partial charge >= 0.3 is 39.2 Å². The van der Waals surface area contributed by atoms with Crippen LogP contribution >= 0.6 is 0 Å². The van der Waals surface area contributed by atoms with Crippen LogP contribution < -0.4 is 9.97 Å². The molecule has 8 bridgehead atoms. The number of aryl methyl sites for hydroxylation is 4. The summed E-state index contributed by atoms with van der Waals surface area (Å²) in [5, 5.41) is 0. The quantitative estimate of drug-likeness (QED) is 0.254. The fraction of sp³-hybridized carbons (Fsp3) is 0.312. The molecular weight excluding hydrogens is 617 g/mol. The molecule has 0 fully saturated rings. The summed E-state index contributed by atoms with van der Waals surface area (Å²) in [5.41, 5.74) is 12.4. The zero-order valence-electron chi connectivity index (χ0n) is 24.4. The second-order valence-electron chi connectivity index (χ2n) is 10.2. The monoisotopic (exact) mass is 650 g/mol. The number of carbonyl (C=O) groups excluding carboxylic acids is 2. The van der Waals surface area contributed by atoms with Gasteiger partial charge in [0.2, 0.25) is 0 Å². The second kappa shape index (κ2) is 12.5. The predicted molar refractivity (Wildman–Crippen MR) is 156 cm³/mol. The number of carbonyl (C=O) groups is 2. The molecule has 3 aromatic rings. The topological polar surface area (TPSA) is 107 Å². The Morgan fingerprint density at radius 3 is 1.59 bits per heavy atom. The van der Waals surface area contributed by atoms with E-state index in [2.05, 4.69) is 0 Å². The first-order valence-corrected chi connectivity index (χ1v) is 13.3. The summed E-state index contributed by atoms with van der Waals surface area (Å²) in [5.74, 6) is -0.558. The van der Waals surface area contributed by atoms with E-state index in [1.165, 1.54) is 14.2 Å². The number of esters is 2. The third-order valence-electron chi connectivity index (χ3n) is 7.54. The summed E-state index contributed by atoms with van der Waals surface area (Å²) in [6.45, 7) is 8.10. The second-order valence-corrected chi connectivity index (χ2v) is 10.2. The zero-order chi connectivity index (χ0) is 28.6. The van der Waals surface area contributed by atoms with Gasteiger partial charge in [0.15, 0.2) is 0 Å². The Hall–Kier alpha value is -3.54. The maximum atomic E-state index is 12.0. The Bertz CT molecular complexity index is 1760. The van der Waals surface area contributed by atoms with Crippen molar-refractivity contribution in [3.63, 3.8) is 0 Å². The van der Waals surface area contributed by atoms with Crippen LogP contribution in [-0.4, -0.2) is 36.1 Å². The Kier molecular flexibility index (Phi) is 9.31. The molecule has 0 amide bonds. The maximum absolute atomic E-state index is 12.0. The summed E-state index contributed by atoms with van der Waals surface area (Å²) >= 11 is 0. The van der Waals surface area contributed by atoms with E-state index < -0.39 is 0 Å². The average molecular weight is 649 g/mol. The molecule has 5 heterocycles. The molecule has 0 saturated carbocycles. The van der Waals surface area contributed by atoms with E-state index in [1.54, 1.807) is 0 Å². The molecule has 2 aliphatic heterocycles. The molecular formula is C32H32CdN4O4. The first-order chi connectivity index (χ1) is 19.2. The fourth-order valence-electron chi connectivity index (χ4n) is 5.15. The molecule has 2 aliphatic rings. The molecule has 0 aliphatic carbocycles. The molecule has 0 aromatic carbocycles. The summed E-state index contributed by atoms with van der Waals surface area (Å²) < 4.78 is 9.80. The van der Waals surface area contributed by atoms with Crippen LogP contribution in [0.25, 0.3) is 45.4 Å². The summed E-state index contributed by atoms with van der Waals surface area (Å²) in [6, 6.07) is 7.91. The molecule has 0 radical (unpaired) electrons.